The number of rotatable bonds is 9. The summed E-state index contributed by atoms with van der Waals surface area (Å²) in [5.41, 5.74) is 0.581. The lowest BCUT2D eigenvalue weighted by molar-refractivity contribution is -0.192. The minimum atomic E-state index is -5.08. The number of hydrogen-bond acceptors (Lipinski definition) is 7. The molecule has 2 heterocycles. The first kappa shape index (κ1) is 30.3. The number of nitrogens with zero attached hydrogens (tertiary/aromatic N) is 3. The zero-order chi connectivity index (χ0) is 27.3. The summed E-state index contributed by atoms with van der Waals surface area (Å²) in [4.78, 5) is 40.8. The summed E-state index contributed by atoms with van der Waals surface area (Å²) in [6.07, 6.45) is -4.25. The number of hydrogen-bond donors (Lipinski definition) is 2. The van der Waals surface area contributed by atoms with Crippen LogP contribution in [-0.2, 0) is 14.3 Å². The third-order valence-corrected chi connectivity index (χ3v) is 5.74. The van der Waals surface area contributed by atoms with E-state index in [0.29, 0.717) is 31.8 Å². The van der Waals surface area contributed by atoms with E-state index in [9.17, 15) is 22.8 Å². The highest BCUT2D eigenvalue weighted by Gasteiger charge is 2.38. The number of aliphatic carboxylic acids is 1. The molecule has 0 unspecified atom stereocenters. The molecule has 0 spiro atoms. The number of carboxylic acid groups (broad SMARTS) is 1. The monoisotopic (exact) mass is 532 g/mol. The molecule has 37 heavy (non-hydrogen) atoms. The van der Waals surface area contributed by atoms with Crippen LogP contribution >= 0.6 is 0 Å². The summed E-state index contributed by atoms with van der Waals surface area (Å²) in [5.74, 6) is -2.11. The van der Waals surface area contributed by atoms with Crippen LogP contribution in [0.3, 0.4) is 0 Å². The molecule has 2 amide bonds. The van der Waals surface area contributed by atoms with Crippen molar-refractivity contribution in [3.8, 4) is 5.75 Å². The highest BCUT2D eigenvalue weighted by Crippen LogP contribution is 2.15. The Kier molecular flexibility index (Phi) is 12.6. The number of alkyl halides is 3. The van der Waals surface area contributed by atoms with E-state index in [1.54, 1.807) is 29.2 Å². The topological polar surface area (TPSA) is 112 Å². The van der Waals surface area contributed by atoms with Crippen LogP contribution in [0.25, 0.3) is 0 Å². The van der Waals surface area contributed by atoms with Crippen molar-refractivity contribution in [1.29, 1.82) is 0 Å². The molecular formula is C24H35F3N4O6. The van der Waals surface area contributed by atoms with Crippen LogP contribution in [0.2, 0.25) is 0 Å². The number of morpholine rings is 1. The van der Waals surface area contributed by atoms with Gasteiger partial charge in [-0.2, -0.15) is 13.2 Å². The molecule has 2 fully saturated rings. The molecule has 208 valence electrons. The maximum absolute atomic E-state index is 13.2. The maximum atomic E-state index is 13.2. The second-order valence-electron chi connectivity index (χ2n) is 8.43. The van der Waals surface area contributed by atoms with E-state index in [0.717, 1.165) is 58.1 Å². The number of benzene rings is 1. The fourth-order valence-corrected chi connectivity index (χ4v) is 3.78. The first-order valence-electron chi connectivity index (χ1n) is 12.2. The SMILES string of the molecule is CCOc1ccc(C(=O)N(CCCN2CCOCC2)CC(=O)N2CCNCC2)cc1.O=C(O)C(F)(F)F. The van der Waals surface area contributed by atoms with Crippen LogP contribution in [0.1, 0.15) is 23.7 Å². The molecule has 0 saturated carbocycles. The number of nitrogens with one attached hydrogen (secondary N) is 1. The zero-order valence-corrected chi connectivity index (χ0v) is 21.0. The van der Waals surface area contributed by atoms with Gasteiger partial charge in [0.2, 0.25) is 5.91 Å². The molecule has 2 N–H and O–H groups in total. The normalized spacial score (nSPS) is 16.4. The molecular weight excluding hydrogens is 497 g/mol. The molecule has 1 aromatic rings. The summed E-state index contributed by atoms with van der Waals surface area (Å²) in [7, 11) is 0. The second kappa shape index (κ2) is 15.4. The number of carbonyl (C=O) groups is 3. The quantitative estimate of drug-likeness (QED) is 0.490. The van der Waals surface area contributed by atoms with Gasteiger partial charge in [-0.1, -0.05) is 0 Å². The lowest BCUT2D eigenvalue weighted by Crippen LogP contribution is -2.50. The van der Waals surface area contributed by atoms with Crippen LogP contribution in [0.5, 0.6) is 5.75 Å². The van der Waals surface area contributed by atoms with Crippen molar-refractivity contribution in [3.05, 3.63) is 29.8 Å². The Morgan fingerprint density at radius 3 is 2.22 bits per heavy atom. The minimum Gasteiger partial charge on any atom is -0.494 e. The lowest BCUT2D eigenvalue weighted by Gasteiger charge is -2.31. The third-order valence-electron chi connectivity index (χ3n) is 5.74. The Morgan fingerprint density at radius 1 is 1.08 bits per heavy atom. The average molecular weight is 533 g/mol. The van der Waals surface area contributed by atoms with E-state index in [-0.39, 0.29) is 18.4 Å². The Hall–Kier alpha value is -2.90. The van der Waals surface area contributed by atoms with Crippen LogP contribution < -0.4 is 10.1 Å². The first-order chi connectivity index (χ1) is 17.6. The first-order valence-corrected chi connectivity index (χ1v) is 12.2. The molecule has 0 atom stereocenters. The predicted molar refractivity (Wildman–Crippen MR) is 129 cm³/mol. The fourth-order valence-electron chi connectivity index (χ4n) is 3.78. The molecule has 0 aliphatic carbocycles. The number of carboxylic acids is 1. The van der Waals surface area contributed by atoms with Gasteiger partial charge < -0.3 is 29.7 Å². The van der Waals surface area contributed by atoms with Crippen LogP contribution in [0.4, 0.5) is 13.2 Å². The summed E-state index contributed by atoms with van der Waals surface area (Å²) in [5, 5.41) is 10.4. The molecule has 13 heteroatoms. The molecule has 10 nitrogen and oxygen atoms in total. The number of piperazine rings is 1. The zero-order valence-electron chi connectivity index (χ0n) is 21.0. The van der Waals surface area contributed by atoms with E-state index >= 15 is 0 Å². The van der Waals surface area contributed by atoms with Gasteiger partial charge in [0.25, 0.3) is 5.91 Å². The van der Waals surface area contributed by atoms with Crippen LogP contribution in [0, 0.1) is 0 Å². The third kappa shape index (κ3) is 10.9. The van der Waals surface area contributed by atoms with Gasteiger partial charge in [-0.25, -0.2) is 4.79 Å². The summed E-state index contributed by atoms with van der Waals surface area (Å²) in [6.45, 7) is 10.4. The Balaban J connectivity index is 0.000000604. The Labute approximate surface area is 214 Å². The van der Waals surface area contributed by atoms with Crippen molar-refractivity contribution in [1.82, 2.24) is 20.0 Å². The van der Waals surface area contributed by atoms with Crippen molar-refractivity contribution in [2.75, 3.05) is 78.7 Å². The predicted octanol–water partition coefficient (Wildman–Crippen LogP) is 1.31. The van der Waals surface area contributed by atoms with E-state index in [2.05, 4.69) is 10.2 Å². The highest BCUT2D eigenvalue weighted by molar-refractivity contribution is 5.96. The van der Waals surface area contributed by atoms with Gasteiger partial charge in [-0.15, -0.1) is 0 Å². The van der Waals surface area contributed by atoms with E-state index in [1.807, 2.05) is 11.8 Å². The van der Waals surface area contributed by atoms with Crippen LogP contribution in [0.15, 0.2) is 24.3 Å². The van der Waals surface area contributed by atoms with Gasteiger partial charge in [-0.05, 0) is 37.6 Å². The van der Waals surface area contributed by atoms with E-state index in [4.69, 9.17) is 19.4 Å². The van der Waals surface area contributed by atoms with Crippen molar-refractivity contribution < 1.29 is 42.1 Å². The Morgan fingerprint density at radius 2 is 1.68 bits per heavy atom. The number of amides is 2. The largest absolute Gasteiger partial charge is 0.494 e. The molecule has 0 bridgehead atoms. The minimum absolute atomic E-state index is 0.0159. The summed E-state index contributed by atoms with van der Waals surface area (Å²) in [6, 6.07) is 7.16. The molecule has 0 aromatic heterocycles. The standard InChI is InChI=1S/C22H34N4O4.C2HF3O2/c1-2-30-20-6-4-19(5-7-20)22(28)26(11-3-10-24-14-16-29-17-15-24)18-21(27)25-12-8-23-9-13-25;3-2(4,5)1(6)7/h4-7,23H,2-3,8-18H2,1H3;(H,6,7). The molecule has 1 aromatic carbocycles. The van der Waals surface area contributed by atoms with Gasteiger partial charge in [0, 0.05) is 57.9 Å². The summed E-state index contributed by atoms with van der Waals surface area (Å²) < 4.78 is 42.6. The van der Waals surface area contributed by atoms with Crippen LogP contribution in [-0.4, -0.2) is 122 Å². The molecule has 2 aliphatic rings. The molecule has 2 aliphatic heterocycles. The van der Waals surface area contributed by atoms with Crippen molar-refractivity contribution in [3.63, 3.8) is 0 Å². The fraction of sp³-hybridized carbons (Fsp3) is 0.625. The highest BCUT2D eigenvalue weighted by atomic mass is 19.4. The van der Waals surface area contributed by atoms with Gasteiger partial charge in [0.15, 0.2) is 0 Å². The van der Waals surface area contributed by atoms with Gasteiger partial charge >= 0.3 is 12.1 Å². The Bertz CT molecular complexity index is 857. The molecule has 0 radical (unpaired) electrons. The van der Waals surface area contributed by atoms with Crippen molar-refractivity contribution >= 4 is 17.8 Å². The summed E-state index contributed by atoms with van der Waals surface area (Å²) >= 11 is 0. The average Bonchev–Trinajstić information content (AvgIpc) is 2.89. The van der Waals surface area contributed by atoms with E-state index in [1.165, 1.54) is 0 Å². The smallest absolute Gasteiger partial charge is 0.490 e. The number of ether oxygens (including phenoxy) is 2. The second-order valence-corrected chi connectivity index (χ2v) is 8.43. The molecule has 2 saturated heterocycles. The maximum Gasteiger partial charge on any atom is 0.490 e. The lowest BCUT2D eigenvalue weighted by atomic mass is 10.1. The van der Waals surface area contributed by atoms with Gasteiger partial charge in [-0.3, -0.25) is 14.5 Å². The number of carbonyl (C=O) groups excluding carboxylic acids is 2. The van der Waals surface area contributed by atoms with E-state index < -0.39 is 12.1 Å². The molecule has 3 rings (SSSR count). The van der Waals surface area contributed by atoms with Gasteiger partial charge in [0.05, 0.1) is 19.8 Å². The number of halogens is 3. The van der Waals surface area contributed by atoms with Gasteiger partial charge in [0.1, 0.15) is 12.3 Å². The van der Waals surface area contributed by atoms with Crippen molar-refractivity contribution in [2.45, 2.75) is 19.5 Å². The van der Waals surface area contributed by atoms with Crippen molar-refractivity contribution in [2.24, 2.45) is 0 Å².